The van der Waals surface area contributed by atoms with Crippen molar-refractivity contribution in [3.05, 3.63) is 137 Å². The summed E-state index contributed by atoms with van der Waals surface area (Å²) in [6, 6.07) is 27.3. The van der Waals surface area contributed by atoms with Crippen LogP contribution in [0.1, 0.15) is 16.7 Å². The van der Waals surface area contributed by atoms with Crippen LogP contribution >= 0.6 is 11.8 Å². The van der Waals surface area contributed by atoms with Gasteiger partial charge in [-0.05, 0) is 35.9 Å². The highest BCUT2D eigenvalue weighted by Crippen LogP contribution is 2.43. The molecule has 1 heterocycles. The SMILES string of the molecule is C=CC1=C(C=C)/C(=C(/N=C)c2ccc(C)cc2)C(=NCc2ccc(-c3ccccc3)cc2)S1. The summed E-state index contributed by atoms with van der Waals surface area (Å²) in [5, 5.41) is 0.912. The summed E-state index contributed by atoms with van der Waals surface area (Å²) in [4.78, 5) is 10.4. The Morgan fingerprint density at radius 2 is 1.52 bits per heavy atom. The van der Waals surface area contributed by atoms with Crippen LogP contribution < -0.4 is 0 Å². The molecule has 3 aromatic rings. The van der Waals surface area contributed by atoms with Crippen LogP contribution in [-0.4, -0.2) is 11.8 Å². The average Bonchev–Trinajstić information content (AvgIpc) is 3.22. The standard InChI is InChI=1S/C30H26N2S/c1-5-26-27(6-2)33-30(28(26)29(31-4)25-16-12-21(3)13-17-25)32-20-22-14-18-24(19-15-22)23-10-8-7-9-11-23/h5-19H,1-2,4,20H2,3H3/b29-28-,32-30?. The molecule has 1 aliphatic rings. The lowest BCUT2D eigenvalue weighted by Crippen LogP contribution is -2.00. The smallest absolute Gasteiger partial charge is 0.106 e. The molecule has 0 bridgehead atoms. The lowest BCUT2D eigenvalue weighted by Gasteiger charge is -2.10. The summed E-state index contributed by atoms with van der Waals surface area (Å²) in [6.45, 7) is 14.5. The molecule has 0 N–H and O–H groups in total. The summed E-state index contributed by atoms with van der Waals surface area (Å²) in [6.07, 6.45) is 3.71. The summed E-state index contributed by atoms with van der Waals surface area (Å²) in [5.41, 5.74) is 8.54. The number of aryl methyl sites for hydroxylation is 1. The highest BCUT2D eigenvalue weighted by Gasteiger charge is 2.27. The molecule has 3 heteroatoms. The molecular weight excluding hydrogens is 420 g/mol. The van der Waals surface area contributed by atoms with Crippen molar-refractivity contribution >= 4 is 29.2 Å². The van der Waals surface area contributed by atoms with Gasteiger partial charge in [0.1, 0.15) is 5.04 Å². The maximum atomic E-state index is 4.98. The second-order valence-corrected chi connectivity index (χ2v) is 8.75. The first-order chi connectivity index (χ1) is 16.1. The first kappa shape index (κ1) is 22.5. The van der Waals surface area contributed by atoms with Gasteiger partial charge in [0, 0.05) is 16.0 Å². The molecule has 162 valence electrons. The van der Waals surface area contributed by atoms with E-state index < -0.39 is 0 Å². The Morgan fingerprint density at radius 1 is 0.848 bits per heavy atom. The van der Waals surface area contributed by atoms with Gasteiger partial charge >= 0.3 is 0 Å². The lowest BCUT2D eigenvalue weighted by molar-refractivity contribution is 1.07. The van der Waals surface area contributed by atoms with Gasteiger partial charge in [0.05, 0.1) is 12.2 Å². The molecule has 0 saturated heterocycles. The van der Waals surface area contributed by atoms with Gasteiger partial charge in [-0.2, -0.15) is 0 Å². The van der Waals surface area contributed by atoms with E-state index in [1.165, 1.54) is 16.7 Å². The Labute approximate surface area is 200 Å². The minimum atomic E-state index is 0.577. The molecule has 0 aromatic heterocycles. The highest BCUT2D eigenvalue weighted by molar-refractivity contribution is 8.18. The number of thioether (sulfide) groups is 1. The van der Waals surface area contributed by atoms with Crippen LogP contribution in [0.15, 0.2) is 130 Å². The fraction of sp³-hybridized carbons (Fsp3) is 0.0667. The molecule has 2 nitrogen and oxygen atoms in total. The average molecular weight is 447 g/mol. The van der Waals surface area contributed by atoms with Crippen LogP contribution in [0.2, 0.25) is 0 Å². The van der Waals surface area contributed by atoms with Crippen LogP contribution in [0.5, 0.6) is 0 Å². The number of allylic oxidation sites excluding steroid dienone is 3. The molecule has 0 amide bonds. The summed E-state index contributed by atoms with van der Waals surface area (Å²) in [5.74, 6) is 0. The molecule has 1 aliphatic heterocycles. The van der Waals surface area contributed by atoms with E-state index in [4.69, 9.17) is 4.99 Å². The van der Waals surface area contributed by atoms with Crippen molar-refractivity contribution in [2.24, 2.45) is 9.98 Å². The number of benzene rings is 3. The summed E-state index contributed by atoms with van der Waals surface area (Å²) < 4.78 is 0. The van der Waals surface area contributed by atoms with E-state index in [2.05, 4.69) is 105 Å². The van der Waals surface area contributed by atoms with Crippen LogP contribution in [0.3, 0.4) is 0 Å². The van der Waals surface area contributed by atoms with Crippen LogP contribution in [0, 0.1) is 6.92 Å². The minimum absolute atomic E-state index is 0.577. The number of hydrogen-bond donors (Lipinski definition) is 0. The molecular formula is C30H26N2S. The van der Waals surface area contributed by atoms with Crippen LogP contribution in [0.4, 0.5) is 0 Å². The molecule has 0 aliphatic carbocycles. The molecule has 33 heavy (non-hydrogen) atoms. The van der Waals surface area contributed by atoms with E-state index in [9.17, 15) is 0 Å². The fourth-order valence-electron chi connectivity index (χ4n) is 3.77. The van der Waals surface area contributed by atoms with Crippen LogP contribution in [0.25, 0.3) is 16.8 Å². The Morgan fingerprint density at radius 3 is 2.12 bits per heavy atom. The minimum Gasteiger partial charge on any atom is -0.273 e. The second kappa shape index (κ2) is 10.3. The zero-order valence-electron chi connectivity index (χ0n) is 18.8. The molecule has 0 radical (unpaired) electrons. The molecule has 3 aromatic carbocycles. The van der Waals surface area contributed by atoms with Gasteiger partial charge in [-0.15, -0.1) is 0 Å². The van der Waals surface area contributed by atoms with Crippen molar-refractivity contribution in [3.63, 3.8) is 0 Å². The van der Waals surface area contributed by atoms with Crippen molar-refractivity contribution in [2.45, 2.75) is 13.5 Å². The van der Waals surface area contributed by atoms with Gasteiger partial charge in [0.15, 0.2) is 0 Å². The number of rotatable bonds is 7. The van der Waals surface area contributed by atoms with E-state index in [0.717, 1.165) is 37.9 Å². The van der Waals surface area contributed by atoms with Gasteiger partial charge in [-0.3, -0.25) is 9.98 Å². The largest absolute Gasteiger partial charge is 0.273 e. The molecule has 4 rings (SSSR count). The quantitative estimate of drug-likeness (QED) is 0.337. The monoisotopic (exact) mass is 446 g/mol. The molecule has 0 fully saturated rings. The third-order valence-corrected chi connectivity index (χ3v) is 6.66. The zero-order chi connectivity index (χ0) is 23.2. The van der Waals surface area contributed by atoms with Gasteiger partial charge < -0.3 is 0 Å². The fourth-order valence-corrected chi connectivity index (χ4v) is 4.79. The van der Waals surface area contributed by atoms with Gasteiger partial charge in [-0.25, -0.2) is 0 Å². The third-order valence-electron chi connectivity index (χ3n) is 5.53. The Hall–Kier alpha value is -3.69. The van der Waals surface area contributed by atoms with Crippen molar-refractivity contribution in [2.75, 3.05) is 0 Å². The van der Waals surface area contributed by atoms with Gasteiger partial charge in [-0.1, -0.05) is 121 Å². The third kappa shape index (κ3) is 4.89. The molecule has 0 unspecified atom stereocenters. The Balaban J connectivity index is 1.69. The van der Waals surface area contributed by atoms with Crippen molar-refractivity contribution in [1.29, 1.82) is 0 Å². The van der Waals surface area contributed by atoms with Crippen molar-refractivity contribution in [3.8, 4) is 11.1 Å². The van der Waals surface area contributed by atoms with E-state index in [1.807, 2.05) is 18.2 Å². The summed E-state index contributed by atoms with van der Waals surface area (Å²) >= 11 is 1.61. The Kier molecular flexibility index (Phi) is 7.01. The predicted molar refractivity (Wildman–Crippen MR) is 146 cm³/mol. The number of nitrogens with zero attached hydrogens (tertiary/aromatic N) is 2. The zero-order valence-corrected chi connectivity index (χ0v) is 19.6. The topological polar surface area (TPSA) is 24.7 Å². The first-order valence-electron chi connectivity index (χ1n) is 10.8. The summed E-state index contributed by atoms with van der Waals surface area (Å²) in [7, 11) is 0. The van der Waals surface area contributed by atoms with E-state index >= 15 is 0 Å². The Bertz CT molecular complexity index is 1280. The second-order valence-electron chi connectivity index (χ2n) is 7.72. The molecule has 0 saturated carbocycles. The van der Waals surface area contributed by atoms with E-state index in [1.54, 1.807) is 11.8 Å². The van der Waals surface area contributed by atoms with Crippen LogP contribution in [-0.2, 0) is 6.54 Å². The van der Waals surface area contributed by atoms with Crippen molar-refractivity contribution < 1.29 is 0 Å². The molecule has 0 atom stereocenters. The van der Waals surface area contributed by atoms with Gasteiger partial charge in [0.2, 0.25) is 0 Å². The maximum absolute atomic E-state index is 4.98. The highest BCUT2D eigenvalue weighted by atomic mass is 32.2. The predicted octanol–water partition coefficient (Wildman–Crippen LogP) is 8.05. The molecule has 0 spiro atoms. The van der Waals surface area contributed by atoms with Crippen molar-refractivity contribution in [1.82, 2.24) is 0 Å². The normalized spacial score (nSPS) is 16.1. The van der Waals surface area contributed by atoms with Gasteiger partial charge in [0.25, 0.3) is 0 Å². The van der Waals surface area contributed by atoms with E-state index in [0.29, 0.717) is 6.54 Å². The maximum Gasteiger partial charge on any atom is 0.106 e. The number of aliphatic imine (C=N–C) groups is 2. The van der Waals surface area contributed by atoms with E-state index in [-0.39, 0.29) is 0 Å². The lowest BCUT2D eigenvalue weighted by atomic mass is 9.99. The number of hydrogen-bond acceptors (Lipinski definition) is 3. The first-order valence-corrected chi connectivity index (χ1v) is 11.6.